The molecule has 0 aliphatic rings. The number of phenolic OH excluding ortho intramolecular Hbond substituents is 1. The van der Waals surface area contributed by atoms with E-state index < -0.39 is 16.0 Å². The summed E-state index contributed by atoms with van der Waals surface area (Å²) in [6.45, 7) is 0. The lowest BCUT2D eigenvalue weighted by Gasteiger charge is -2.06. The number of benzene rings is 2. The molecule has 0 bridgehead atoms. The summed E-state index contributed by atoms with van der Waals surface area (Å²) in [5, 5.41) is 23.4. The smallest absolute Gasteiger partial charge is 0.294 e. The van der Waals surface area contributed by atoms with Gasteiger partial charge in [0.05, 0.1) is 4.90 Å². The minimum absolute atomic E-state index is 0.0755. The van der Waals surface area contributed by atoms with E-state index in [0.717, 1.165) is 6.07 Å². The number of amides is 1. The first kappa shape index (κ1) is 18.0. The van der Waals surface area contributed by atoms with Crippen molar-refractivity contribution in [2.75, 3.05) is 10.6 Å². The number of nitrogens with zero attached hydrogens (tertiary/aromatic N) is 1. The normalized spacial score (nSPS) is 11.4. The van der Waals surface area contributed by atoms with Crippen molar-refractivity contribution in [3.05, 3.63) is 60.3 Å². The highest BCUT2D eigenvalue weighted by molar-refractivity contribution is 7.85. The molecule has 0 saturated carbocycles. The molecule has 0 atom stereocenters. The second-order valence-corrected chi connectivity index (χ2v) is 6.24. The number of hydrogen-bond donors (Lipinski definition) is 4. The number of carbonyl (C=O) groups is 1. The second kappa shape index (κ2) is 7.48. The van der Waals surface area contributed by atoms with Gasteiger partial charge < -0.3 is 15.7 Å². The number of nitriles is 1. The Morgan fingerprint density at radius 3 is 2.40 bits per heavy atom. The number of aromatic hydroxyl groups is 1. The molecule has 0 radical (unpaired) electrons. The van der Waals surface area contributed by atoms with Crippen LogP contribution in [0.15, 0.2) is 65.2 Å². The zero-order valence-electron chi connectivity index (χ0n) is 12.7. The first-order valence-corrected chi connectivity index (χ1v) is 8.28. The molecule has 2 aromatic carbocycles. The second-order valence-electron chi connectivity index (χ2n) is 4.82. The monoisotopic (exact) mass is 359 g/mol. The molecule has 0 aromatic heterocycles. The SMILES string of the molecule is N#C/C(=C/Nc1ccc(O)cc1)C(=O)Nc1cccc(S(=O)(=O)O)c1. The van der Waals surface area contributed by atoms with Crippen LogP contribution < -0.4 is 10.6 Å². The Balaban J connectivity index is 2.14. The van der Waals surface area contributed by atoms with Gasteiger partial charge in [0.15, 0.2) is 0 Å². The molecule has 0 spiro atoms. The van der Waals surface area contributed by atoms with Crippen LogP contribution in [-0.2, 0) is 14.9 Å². The molecule has 0 saturated heterocycles. The van der Waals surface area contributed by atoms with Crippen molar-refractivity contribution in [2.45, 2.75) is 4.90 Å². The zero-order valence-corrected chi connectivity index (χ0v) is 13.5. The summed E-state index contributed by atoms with van der Waals surface area (Å²) in [7, 11) is -4.40. The van der Waals surface area contributed by atoms with Gasteiger partial charge in [-0.1, -0.05) is 6.07 Å². The molecule has 0 unspecified atom stereocenters. The van der Waals surface area contributed by atoms with Crippen molar-refractivity contribution in [3.8, 4) is 11.8 Å². The highest BCUT2D eigenvalue weighted by atomic mass is 32.2. The Kier molecular flexibility index (Phi) is 5.38. The fourth-order valence-corrected chi connectivity index (χ4v) is 2.32. The van der Waals surface area contributed by atoms with Crippen LogP contribution in [0.4, 0.5) is 11.4 Å². The average Bonchev–Trinajstić information content (AvgIpc) is 2.56. The van der Waals surface area contributed by atoms with E-state index in [-0.39, 0.29) is 21.9 Å². The molecule has 2 aromatic rings. The lowest BCUT2D eigenvalue weighted by Crippen LogP contribution is -2.15. The molecule has 0 aliphatic heterocycles. The Morgan fingerprint density at radius 1 is 1.12 bits per heavy atom. The van der Waals surface area contributed by atoms with Gasteiger partial charge in [0, 0.05) is 17.6 Å². The largest absolute Gasteiger partial charge is 0.508 e. The molecule has 0 aliphatic carbocycles. The Hall–Kier alpha value is -3.35. The van der Waals surface area contributed by atoms with Gasteiger partial charge in [-0.15, -0.1) is 0 Å². The predicted molar refractivity (Wildman–Crippen MR) is 90.3 cm³/mol. The van der Waals surface area contributed by atoms with E-state index in [9.17, 15) is 18.3 Å². The Morgan fingerprint density at radius 2 is 1.80 bits per heavy atom. The molecular formula is C16H13N3O5S. The third kappa shape index (κ3) is 5.07. The summed E-state index contributed by atoms with van der Waals surface area (Å²) in [5.41, 5.74) is 0.392. The maximum absolute atomic E-state index is 12.1. The fourth-order valence-electron chi connectivity index (χ4n) is 1.79. The molecule has 8 nitrogen and oxygen atoms in total. The van der Waals surface area contributed by atoms with E-state index in [1.807, 2.05) is 0 Å². The highest BCUT2D eigenvalue weighted by Crippen LogP contribution is 2.17. The van der Waals surface area contributed by atoms with Crippen molar-refractivity contribution >= 4 is 27.4 Å². The first-order valence-electron chi connectivity index (χ1n) is 6.84. The third-order valence-corrected chi connectivity index (χ3v) is 3.85. The summed E-state index contributed by atoms with van der Waals surface area (Å²) in [6.07, 6.45) is 1.17. The first-order chi connectivity index (χ1) is 11.8. The number of phenols is 1. The summed E-state index contributed by atoms with van der Waals surface area (Å²) >= 11 is 0. The van der Waals surface area contributed by atoms with Crippen molar-refractivity contribution in [2.24, 2.45) is 0 Å². The molecule has 1 amide bonds. The number of carbonyl (C=O) groups excluding carboxylic acids is 1. The van der Waals surface area contributed by atoms with E-state index in [0.29, 0.717) is 5.69 Å². The lowest BCUT2D eigenvalue weighted by molar-refractivity contribution is -0.112. The topological polar surface area (TPSA) is 140 Å². The summed E-state index contributed by atoms with van der Waals surface area (Å²) in [4.78, 5) is 11.7. The van der Waals surface area contributed by atoms with Gasteiger partial charge in [-0.25, -0.2) is 0 Å². The van der Waals surface area contributed by atoms with Crippen molar-refractivity contribution < 1.29 is 22.9 Å². The van der Waals surface area contributed by atoms with E-state index in [1.165, 1.54) is 36.5 Å². The maximum atomic E-state index is 12.1. The molecule has 9 heteroatoms. The zero-order chi connectivity index (χ0) is 18.4. The summed E-state index contributed by atoms with van der Waals surface area (Å²) < 4.78 is 31.2. The van der Waals surface area contributed by atoms with Crippen LogP contribution in [-0.4, -0.2) is 24.0 Å². The third-order valence-electron chi connectivity index (χ3n) is 3.01. The molecule has 4 N–H and O–H groups in total. The molecule has 2 rings (SSSR count). The summed E-state index contributed by atoms with van der Waals surface area (Å²) in [5.74, 6) is -0.687. The lowest BCUT2D eigenvalue weighted by atomic mass is 10.2. The minimum atomic E-state index is -4.40. The van der Waals surface area contributed by atoms with Crippen LogP contribution >= 0.6 is 0 Å². The Labute approximate surface area is 143 Å². The van der Waals surface area contributed by atoms with E-state index in [1.54, 1.807) is 18.2 Å². The van der Waals surface area contributed by atoms with Crippen molar-refractivity contribution in [1.29, 1.82) is 5.26 Å². The minimum Gasteiger partial charge on any atom is -0.508 e. The molecular weight excluding hydrogens is 346 g/mol. The standard InChI is InChI=1S/C16H13N3O5S/c17-9-11(10-18-12-4-6-14(20)7-5-12)16(21)19-13-2-1-3-15(8-13)25(22,23)24/h1-8,10,18,20H,(H,19,21)(H,22,23,24)/b11-10-. The number of hydrogen-bond acceptors (Lipinski definition) is 6. The van der Waals surface area contributed by atoms with Crippen LogP contribution in [0.3, 0.4) is 0 Å². The summed E-state index contributed by atoms with van der Waals surface area (Å²) in [6, 6.07) is 12.7. The van der Waals surface area contributed by atoms with Crippen LogP contribution in [0.1, 0.15) is 0 Å². The average molecular weight is 359 g/mol. The quantitative estimate of drug-likeness (QED) is 0.277. The van der Waals surface area contributed by atoms with Gasteiger partial charge in [-0.3, -0.25) is 9.35 Å². The van der Waals surface area contributed by atoms with Crippen LogP contribution in [0.2, 0.25) is 0 Å². The Bertz CT molecular complexity index is 960. The fraction of sp³-hybridized carbons (Fsp3) is 0. The molecule has 0 heterocycles. The van der Waals surface area contributed by atoms with E-state index in [4.69, 9.17) is 9.81 Å². The van der Waals surface area contributed by atoms with Gasteiger partial charge >= 0.3 is 0 Å². The highest BCUT2D eigenvalue weighted by Gasteiger charge is 2.13. The van der Waals surface area contributed by atoms with Crippen molar-refractivity contribution in [3.63, 3.8) is 0 Å². The van der Waals surface area contributed by atoms with Gasteiger partial charge in [0.1, 0.15) is 17.4 Å². The predicted octanol–water partition coefficient (Wildman–Crippen LogP) is 2.10. The molecule has 0 fully saturated rings. The van der Waals surface area contributed by atoms with E-state index in [2.05, 4.69) is 10.6 Å². The number of anilines is 2. The van der Waals surface area contributed by atoms with Crippen LogP contribution in [0, 0.1) is 11.3 Å². The van der Waals surface area contributed by atoms with Crippen LogP contribution in [0.25, 0.3) is 0 Å². The number of rotatable bonds is 5. The van der Waals surface area contributed by atoms with E-state index >= 15 is 0 Å². The molecule has 25 heavy (non-hydrogen) atoms. The molecule has 128 valence electrons. The van der Waals surface area contributed by atoms with Gasteiger partial charge in [0.25, 0.3) is 16.0 Å². The van der Waals surface area contributed by atoms with Gasteiger partial charge in [-0.2, -0.15) is 13.7 Å². The maximum Gasteiger partial charge on any atom is 0.294 e. The van der Waals surface area contributed by atoms with Gasteiger partial charge in [-0.05, 0) is 42.5 Å². The van der Waals surface area contributed by atoms with Crippen LogP contribution in [0.5, 0.6) is 5.75 Å². The van der Waals surface area contributed by atoms with Gasteiger partial charge in [0.2, 0.25) is 0 Å². The number of nitrogens with one attached hydrogen (secondary N) is 2. The van der Waals surface area contributed by atoms with Crippen molar-refractivity contribution in [1.82, 2.24) is 0 Å².